The predicted molar refractivity (Wildman–Crippen MR) is 105 cm³/mol. The van der Waals surface area contributed by atoms with Crippen LogP contribution in [0, 0.1) is 6.92 Å². The van der Waals surface area contributed by atoms with Gasteiger partial charge in [0.25, 0.3) is 0 Å². The van der Waals surface area contributed by atoms with E-state index >= 15 is 0 Å². The molecule has 0 radical (unpaired) electrons. The van der Waals surface area contributed by atoms with E-state index in [1.54, 1.807) is 7.05 Å². The van der Waals surface area contributed by atoms with Crippen LogP contribution in [0.1, 0.15) is 37.3 Å². The van der Waals surface area contributed by atoms with Crippen molar-refractivity contribution in [1.29, 1.82) is 0 Å². The number of benzene rings is 1. The fraction of sp³-hybridized carbons (Fsp3) is 0.421. The number of aliphatic imine (C=N–C) groups is 1. The molecule has 2 heterocycles. The third-order valence-electron chi connectivity index (χ3n) is 4.43. The van der Waals surface area contributed by atoms with Crippen LogP contribution in [0.25, 0.3) is 11.0 Å². The van der Waals surface area contributed by atoms with Gasteiger partial charge in [0.15, 0.2) is 23.1 Å². The SMILES string of the molecule is CCOc1cccc2cc(C(C)NC(=NC)NCc3nnc(C)n3C)oc12. The molecule has 27 heavy (non-hydrogen) atoms. The molecule has 0 spiro atoms. The molecule has 3 aromatic rings. The van der Waals surface area contributed by atoms with Crippen molar-refractivity contribution in [2.24, 2.45) is 12.0 Å². The van der Waals surface area contributed by atoms with Crippen LogP contribution < -0.4 is 15.4 Å². The summed E-state index contributed by atoms with van der Waals surface area (Å²) in [6, 6.07) is 7.85. The monoisotopic (exact) mass is 370 g/mol. The normalized spacial score (nSPS) is 13.0. The van der Waals surface area contributed by atoms with E-state index in [4.69, 9.17) is 9.15 Å². The summed E-state index contributed by atoms with van der Waals surface area (Å²) in [4.78, 5) is 4.28. The zero-order chi connectivity index (χ0) is 19.4. The lowest BCUT2D eigenvalue weighted by molar-refractivity contribution is 0.336. The van der Waals surface area contributed by atoms with Gasteiger partial charge in [0.2, 0.25) is 0 Å². The maximum Gasteiger partial charge on any atom is 0.191 e. The van der Waals surface area contributed by atoms with E-state index in [0.717, 1.165) is 34.1 Å². The summed E-state index contributed by atoms with van der Waals surface area (Å²) >= 11 is 0. The molecule has 0 aliphatic rings. The van der Waals surface area contributed by atoms with Crippen molar-refractivity contribution in [2.75, 3.05) is 13.7 Å². The summed E-state index contributed by atoms with van der Waals surface area (Å²) < 4.78 is 13.6. The number of para-hydroxylation sites is 1. The zero-order valence-electron chi connectivity index (χ0n) is 16.4. The van der Waals surface area contributed by atoms with Crippen LogP contribution in [0.5, 0.6) is 5.75 Å². The van der Waals surface area contributed by atoms with Crippen molar-refractivity contribution in [3.8, 4) is 5.75 Å². The van der Waals surface area contributed by atoms with E-state index in [1.807, 2.05) is 56.7 Å². The highest BCUT2D eigenvalue weighted by molar-refractivity contribution is 5.84. The van der Waals surface area contributed by atoms with Gasteiger partial charge in [0.05, 0.1) is 19.2 Å². The average molecular weight is 370 g/mol. The first kappa shape index (κ1) is 18.8. The average Bonchev–Trinajstić information content (AvgIpc) is 3.24. The van der Waals surface area contributed by atoms with E-state index < -0.39 is 0 Å². The first-order valence-corrected chi connectivity index (χ1v) is 9.00. The first-order chi connectivity index (χ1) is 13.0. The van der Waals surface area contributed by atoms with Crippen molar-refractivity contribution in [1.82, 2.24) is 25.4 Å². The number of aryl methyl sites for hydroxylation is 1. The van der Waals surface area contributed by atoms with E-state index in [1.165, 1.54) is 0 Å². The highest BCUT2D eigenvalue weighted by atomic mass is 16.5. The molecule has 1 atom stereocenters. The lowest BCUT2D eigenvalue weighted by atomic mass is 10.2. The van der Waals surface area contributed by atoms with Crippen molar-refractivity contribution in [3.05, 3.63) is 41.7 Å². The number of nitrogens with zero attached hydrogens (tertiary/aromatic N) is 4. The van der Waals surface area contributed by atoms with Gasteiger partial charge in [-0.25, -0.2) is 0 Å². The molecular formula is C19H26N6O2. The third kappa shape index (κ3) is 4.05. The minimum Gasteiger partial charge on any atom is -0.490 e. The number of ether oxygens (including phenoxy) is 1. The second-order valence-corrected chi connectivity index (χ2v) is 6.27. The number of fused-ring (bicyclic) bond motifs is 1. The summed E-state index contributed by atoms with van der Waals surface area (Å²) in [5, 5.41) is 15.8. The number of hydrogen-bond acceptors (Lipinski definition) is 5. The molecular weight excluding hydrogens is 344 g/mol. The molecule has 0 amide bonds. The summed E-state index contributed by atoms with van der Waals surface area (Å²) in [5.74, 6) is 3.94. The summed E-state index contributed by atoms with van der Waals surface area (Å²) in [5.41, 5.74) is 0.764. The number of guanidine groups is 1. The van der Waals surface area contributed by atoms with Crippen LogP contribution in [0.2, 0.25) is 0 Å². The Morgan fingerprint density at radius 2 is 2.19 bits per heavy atom. The van der Waals surface area contributed by atoms with Gasteiger partial charge in [-0.1, -0.05) is 12.1 Å². The quantitative estimate of drug-likeness (QED) is 0.512. The Morgan fingerprint density at radius 1 is 1.37 bits per heavy atom. The highest BCUT2D eigenvalue weighted by Crippen LogP contribution is 2.31. The summed E-state index contributed by atoms with van der Waals surface area (Å²) in [7, 11) is 3.67. The van der Waals surface area contributed by atoms with Crippen LogP contribution in [-0.4, -0.2) is 34.4 Å². The standard InChI is InChI=1S/C19H26N6O2/c1-6-26-15-9-7-8-14-10-16(27-18(14)15)12(2)22-19(20-4)21-11-17-24-23-13(3)25(17)5/h7-10,12H,6,11H2,1-5H3,(H2,20,21,22). The highest BCUT2D eigenvalue weighted by Gasteiger charge is 2.16. The van der Waals surface area contributed by atoms with Gasteiger partial charge < -0.3 is 24.4 Å². The molecule has 0 saturated carbocycles. The van der Waals surface area contributed by atoms with Gasteiger partial charge in [-0.05, 0) is 32.9 Å². The summed E-state index contributed by atoms with van der Waals surface area (Å²) in [6.07, 6.45) is 0. The Labute approximate surface area is 158 Å². The second kappa shape index (κ2) is 8.11. The molecule has 0 fully saturated rings. The van der Waals surface area contributed by atoms with E-state index in [2.05, 4.69) is 25.8 Å². The molecule has 0 saturated heterocycles. The van der Waals surface area contributed by atoms with Gasteiger partial charge in [-0.3, -0.25) is 4.99 Å². The molecule has 2 aromatic heterocycles. The third-order valence-corrected chi connectivity index (χ3v) is 4.43. The topological polar surface area (TPSA) is 89.5 Å². The Kier molecular flexibility index (Phi) is 5.63. The molecule has 8 heteroatoms. The van der Waals surface area contributed by atoms with Gasteiger partial charge in [0.1, 0.15) is 11.6 Å². The van der Waals surface area contributed by atoms with Crippen LogP contribution in [-0.2, 0) is 13.6 Å². The number of hydrogen-bond donors (Lipinski definition) is 2. The lowest BCUT2D eigenvalue weighted by Gasteiger charge is -2.16. The molecule has 2 N–H and O–H groups in total. The zero-order valence-corrected chi connectivity index (χ0v) is 16.4. The summed E-state index contributed by atoms with van der Waals surface area (Å²) in [6.45, 7) is 7.03. The van der Waals surface area contributed by atoms with Crippen molar-refractivity contribution in [3.63, 3.8) is 0 Å². The number of rotatable bonds is 6. The van der Waals surface area contributed by atoms with Crippen molar-refractivity contribution >= 4 is 16.9 Å². The molecule has 0 aliphatic heterocycles. The smallest absolute Gasteiger partial charge is 0.191 e. The predicted octanol–water partition coefficient (Wildman–Crippen LogP) is 2.69. The fourth-order valence-electron chi connectivity index (χ4n) is 2.78. The molecule has 0 aliphatic carbocycles. The number of furan rings is 1. The van der Waals surface area contributed by atoms with Crippen LogP contribution >= 0.6 is 0 Å². The van der Waals surface area contributed by atoms with E-state index in [-0.39, 0.29) is 6.04 Å². The maximum atomic E-state index is 6.05. The second-order valence-electron chi connectivity index (χ2n) is 6.27. The largest absolute Gasteiger partial charge is 0.490 e. The van der Waals surface area contributed by atoms with Crippen LogP contribution in [0.4, 0.5) is 0 Å². The molecule has 1 unspecified atom stereocenters. The van der Waals surface area contributed by atoms with Crippen molar-refractivity contribution in [2.45, 2.75) is 33.4 Å². The van der Waals surface area contributed by atoms with Gasteiger partial charge in [-0.15, -0.1) is 10.2 Å². The minimum absolute atomic E-state index is 0.0701. The lowest BCUT2D eigenvalue weighted by Crippen LogP contribution is -2.38. The number of aromatic nitrogens is 3. The van der Waals surface area contributed by atoms with Gasteiger partial charge in [0, 0.05) is 19.5 Å². The maximum absolute atomic E-state index is 6.05. The Hall–Kier alpha value is -3.03. The molecule has 3 rings (SSSR count). The molecule has 1 aromatic carbocycles. The van der Waals surface area contributed by atoms with Crippen molar-refractivity contribution < 1.29 is 9.15 Å². The molecule has 8 nitrogen and oxygen atoms in total. The van der Waals surface area contributed by atoms with E-state index in [9.17, 15) is 0 Å². The van der Waals surface area contributed by atoms with Crippen LogP contribution in [0.15, 0.2) is 33.7 Å². The fourth-order valence-corrected chi connectivity index (χ4v) is 2.78. The number of nitrogens with one attached hydrogen (secondary N) is 2. The Bertz CT molecular complexity index is 943. The Morgan fingerprint density at radius 3 is 2.85 bits per heavy atom. The Balaban J connectivity index is 1.69. The molecule has 0 bridgehead atoms. The minimum atomic E-state index is -0.0701. The van der Waals surface area contributed by atoms with E-state index in [0.29, 0.717) is 19.1 Å². The van der Waals surface area contributed by atoms with Gasteiger partial charge in [-0.2, -0.15) is 0 Å². The molecule has 144 valence electrons. The van der Waals surface area contributed by atoms with Crippen LogP contribution in [0.3, 0.4) is 0 Å². The van der Waals surface area contributed by atoms with Gasteiger partial charge >= 0.3 is 0 Å². The first-order valence-electron chi connectivity index (χ1n) is 9.00.